The SMILES string of the molecule is O=C1c2cc(I)cn2CCN1Cc1ccc(F)cc1. The maximum atomic E-state index is 12.9. The molecule has 2 heterocycles. The lowest BCUT2D eigenvalue weighted by Crippen LogP contribution is -2.39. The number of carbonyl (C=O) groups excluding carboxylic acids is 1. The summed E-state index contributed by atoms with van der Waals surface area (Å²) in [5.41, 5.74) is 1.68. The van der Waals surface area contributed by atoms with Crippen molar-refractivity contribution in [1.29, 1.82) is 0 Å². The van der Waals surface area contributed by atoms with Gasteiger partial charge in [-0.2, -0.15) is 0 Å². The Morgan fingerprint density at radius 1 is 1.21 bits per heavy atom. The summed E-state index contributed by atoms with van der Waals surface area (Å²) >= 11 is 2.21. The molecule has 19 heavy (non-hydrogen) atoms. The smallest absolute Gasteiger partial charge is 0.270 e. The van der Waals surface area contributed by atoms with Crippen molar-refractivity contribution in [3.63, 3.8) is 0 Å². The maximum Gasteiger partial charge on any atom is 0.270 e. The first-order valence-electron chi connectivity index (χ1n) is 6.03. The van der Waals surface area contributed by atoms with Gasteiger partial charge in [-0.25, -0.2) is 4.39 Å². The van der Waals surface area contributed by atoms with Crippen molar-refractivity contribution in [3.8, 4) is 0 Å². The lowest BCUT2D eigenvalue weighted by atomic mass is 10.2. The molecule has 0 fully saturated rings. The molecule has 3 nitrogen and oxygen atoms in total. The van der Waals surface area contributed by atoms with E-state index in [1.807, 2.05) is 16.8 Å². The molecule has 0 spiro atoms. The molecular weight excluding hydrogens is 358 g/mol. The van der Waals surface area contributed by atoms with Crippen LogP contribution in [-0.2, 0) is 13.1 Å². The van der Waals surface area contributed by atoms with Gasteiger partial charge in [-0.1, -0.05) is 12.1 Å². The molecule has 1 aromatic heterocycles. The highest BCUT2D eigenvalue weighted by molar-refractivity contribution is 14.1. The molecule has 2 aromatic rings. The van der Waals surface area contributed by atoms with Crippen LogP contribution in [0.2, 0.25) is 0 Å². The molecule has 0 saturated heterocycles. The fraction of sp³-hybridized carbons (Fsp3) is 0.214. The van der Waals surface area contributed by atoms with E-state index < -0.39 is 0 Å². The molecule has 1 aromatic carbocycles. The molecular formula is C14H12FIN2O. The Bertz CT molecular complexity index is 621. The summed E-state index contributed by atoms with van der Waals surface area (Å²) in [4.78, 5) is 14.1. The lowest BCUT2D eigenvalue weighted by molar-refractivity contribution is 0.0691. The summed E-state index contributed by atoms with van der Waals surface area (Å²) in [6, 6.07) is 8.20. The van der Waals surface area contributed by atoms with Crippen molar-refractivity contribution >= 4 is 28.5 Å². The zero-order valence-corrected chi connectivity index (χ0v) is 12.3. The number of rotatable bonds is 2. The highest BCUT2D eigenvalue weighted by Gasteiger charge is 2.24. The van der Waals surface area contributed by atoms with E-state index in [0.29, 0.717) is 13.1 Å². The second-order valence-corrected chi connectivity index (χ2v) is 5.84. The fourth-order valence-electron chi connectivity index (χ4n) is 2.29. The molecule has 1 aliphatic heterocycles. The Kier molecular flexibility index (Phi) is 3.30. The van der Waals surface area contributed by atoms with Crippen LogP contribution in [0.15, 0.2) is 36.5 Å². The number of hydrogen-bond acceptors (Lipinski definition) is 1. The molecule has 0 unspecified atom stereocenters. The van der Waals surface area contributed by atoms with Gasteiger partial charge in [0.1, 0.15) is 11.5 Å². The van der Waals surface area contributed by atoms with E-state index in [4.69, 9.17) is 0 Å². The number of fused-ring (bicyclic) bond motifs is 1. The van der Waals surface area contributed by atoms with Crippen molar-refractivity contribution in [2.24, 2.45) is 0 Å². The molecule has 0 atom stereocenters. The van der Waals surface area contributed by atoms with Gasteiger partial charge in [0.05, 0.1) is 0 Å². The van der Waals surface area contributed by atoms with E-state index in [-0.39, 0.29) is 11.7 Å². The molecule has 0 aliphatic carbocycles. The van der Waals surface area contributed by atoms with Gasteiger partial charge < -0.3 is 9.47 Å². The fourth-order valence-corrected chi connectivity index (χ4v) is 2.92. The van der Waals surface area contributed by atoms with E-state index in [0.717, 1.165) is 21.4 Å². The van der Waals surface area contributed by atoms with Crippen LogP contribution in [0.5, 0.6) is 0 Å². The van der Waals surface area contributed by atoms with E-state index in [9.17, 15) is 9.18 Å². The average Bonchev–Trinajstić information content (AvgIpc) is 2.77. The Labute approximate surface area is 124 Å². The Hall–Kier alpha value is -1.37. The summed E-state index contributed by atoms with van der Waals surface area (Å²) < 4.78 is 15.9. The minimum atomic E-state index is -0.253. The third-order valence-corrected chi connectivity index (χ3v) is 3.86. The van der Waals surface area contributed by atoms with Crippen molar-refractivity contribution in [2.75, 3.05) is 6.54 Å². The average molecular weight is 370 g/mol. The summed E-state index contributed by atoms with van der Waals surface area (Å²) in [7, 11) is 0. The number of carbonyl (C=O) groups is 1. The van der Waals surface area contributed by atoms with E-state index >= 15 is 0 Å². The normalized spacial score (nSPS) is 14.6. The predicted molar refractivity (Wildman–Crippen MR) is 78.3 cm³/mol. The Balaban J connectivity index is 1.80. The molecule has 3 rings (SSSR count). The van der Waals surface area contributed by atoms with E-state index in [2.05, 4.69) is 22.6 Å². The second kappa shape index (κ2) is 4.96. The highest BCUT2D eigenvalue weighted by atomic mass is 127. The van der Waals surface area contributed by atoms with Gasteiger partial charge >= 0.3 is 0 Å². The highest BCUT2D eigenvalue weighted by Crippen LogP contribution is 2.19. The standard InChI is InChI=1S/C14H12FIN2O/c15-11-3-1-10(2-4-11)8-18-6-5-17-9-12(16)7-13(17)14(18)19/h1-4,7,9H,5-6,8H2. The van der Waals surface area contributed by atoms with Crippen LogP contribution in [0.4, 0.5) is 4.39 Å². The minimum Gasteiger partial charge on any atom is -0.341 e. The van der Waals surface area contributed by atoms with Gasteiger partial charge in [0.2, 0.25) is 0 Å². The maximum absolute atomic E-state index is 12.9. The molecule has 0 radical (unpaired) electrons. The van der Waals surface area contributed by atoms with Gasteiger partial charge in [0.15, 0.2) is 0 Å². The Morgan fingerprint density at radius 3 is 2.68 bits per heavy atom. The number of halogens is 2. The molecule has 1 amide bonds. The molecule has 98 valence electrons. The van der Waals surface area contributed by atoms with Crippen LogP contribution in [0, 0.1) is 9.39 Å². The summed E-state index contributed by atoms with van der Waals surface area (Å²) in [6.07, 6.45) is 1.99. The first-order chi connectivity index (χ1) is 9.13. The number of amides is 1. The van der Waals surface area contributed by atoms with Crippen molar-refractivity contribution in [3.05, 3.63) is 57.2 Å². The largest absolute Gasteiger partial charge is 0.341 e. The summed E-state index contributed by atoms with van der Waals surface area (Å²) in [6.45, 7) is 2.03. The topological polar surface area (TPSA) is 25.2 Å². The predicted octanol–water partition coefficient (Wildman–Crippen LogP) is 2.89. The third-order valence-electron chi connectivity index (χ3n) is 3.27. The van der Waals surface area contributed by atoms with Gasteiger partial charge in [-0.05, 0) is 46.4 Å². The van der Waals surface area contributed by atoms with Gasteiger partial charge in [0, 0.05) is 29.4 Å². The number of benzene rings is 1. The monoisotopic (exact) mass is 370 g/mol. The van der Waals surface area contributed by atoms with Gasteiger partial charge in [-0.3, -0.25) is 4.79 Å². The third kappa shape index (κ3) is 2.51. The second-order valence-electron chi connectivity index (χ2n) is 4.59. The molecule has 0 saturated carbocycles. The zero-order chi connectivity index (χ0) is 13.4. The molecule has 0 N–H and O–H groups in total. The first-order valence-corrected chi connectivity index (χ1v) is 7.11. The first kappa shape index (κ1) is 12.7. The van der Waals surface area contributed by atoms with Crippen LogP contribution >= 0.6 is 22.6 Å². The van der Waals surface area contributed by atoms with E-state index in [1.54, 1.807) is 17.0 Å². The van der Waals surface area contributed by atoms with Crippen LogP contribution < -0.4 is 0 Å². The van der Waals surface area contributed by atoms with Crippen molar-refractivity contribution in [1.82, 2.24) is 9.47 Å². The Morgan fingerprint density at radius 2 is 1.95 bits per heavy atom. The van der Waals surface area contributed by atoms with Crippen LogP contribution in [-0.4, -0.2) is 21.9 Å². The number of nitrogens with zero attached hydrogens (tertiary/aromatic N) is 2. The molecule has 0 bridgehead atoms. The quantitative estimate of drug-likeness (QED) is 0.747. The van der Waals surface area contributed by atoms with Crippen LogP contribution in [0.1, 0.15) is 16.1 Å². The summed E-state index contributed by atoms with van der Waals surface area (Å²) in [5.74, 6) is -0.212. The van der Waals surface area contributed by atoms with E-state index in [1.165, 1.54) is 12.1 Å². The van der Waals surface area contributed by atoms with Crippen molar-refractivity contribution in [2.45, 2.75) is 13.1 Å². The number of aromatic nitrogens is 1. The lowest BCUT2D eigenvalue weighted by Gasteiger charge is -2.28. The van der Waals surface area contributed by atoms with Crippen LogP contribution in [0.3, 0.4) is 0 Å². The van der Waals surface area contributed by atoms with Gasteiger partial charge in [0.25, 0.3) is 5.91 Å². The number of hydrogen-bond donors (Lipinski definition) is 0. The minimum absolute atomic E-state index is 0.0403. The zero-order valence-electron chi connectivity index (χ0n) is 10.1. The van der Waals surface area contributed by atoms with Gasteiger partial charge in [-0.15, -0.1) is 0 Å². The molecule has 1 aliphatic rings. The van der Waals surface area contributed by atoms with Crippen molar-refractivity contribution < 1.29 is 9.18 Å². The summed E-state index contributed by atoms with van der Waals surface area (Å²) in [5, 5.41) is 0. The molecule has 5 heteroatoms. The van der Waals surface area contributed by atoms with Crippen LogP contribution in [0.25, 0.3) is 0 Å².